The van der Waals surface area contributed by atoms with Crippen LogP contribution in [0.5, 0.6) is 0 Å². The molecule has 1 aromatic rings. The summed E-state index contributed by atoms with van der Waals surface area (Å²) in [5.74, 6) is -0.684. The number of carbonyl (C=O) groups is 1. The first-order valence-electron chi connectivity index (χ1n) is 7.61. The van der Waals surface area contributed by atoms with Crippen LogP contribution in [0.15, 0.2) is 24.5 Å². The normalized spacial score (nSPS) is 18.8. The van der Waals surface area contributed by atoms with Gasteiger partial charge in [0.1, 0.15) is 0 Å². The number of sulfonamides is 1. The Labute approximate surface area is 136 Å². The lowest BCUT2D eigenvalue weighted by atomic mass is 9.93. The summed E-state index contributed by atoms with van der Waals surface area (Å²) in [5, 5.41) is 2.03. The molecular weight excluding hydrogens is 321 g/mol. The minimum absolute atomic E-state index is 0.0275. The van der Waals surface area contributed by atoms with Crippen molar-refractivity contribution < 1.29 is 17.6 Å². The highest BCUT2D eigenvalue weighted by Gasteiger charge is 2.44. The van der Waals surface area contributed by atoms with E-state index in [1.54, 1.807) is 38.4 Å². The molecule has 1 N–H and O–H groups in total. The molecule has 0 saturated carbocycles. The predicted molar refractivity (Wildman–Crippen MR) is 84.8 cm³/mol. The second-order valence-electron chi connectivity index (χ2n) is 6.00. The molecule has 128 valence electrons. The second-order valence-corrected chi connectivity index (χ2v) is 8.49. The quantitative estimate of drug-likeness (QED) is 0.872. The summed E-state index contributed by atoms with van der Waals surface area (Å²) < 4.78 is 40.2. The zero-order chi connectivity index (χ0) is 17.1. The predicted octanol–water partition coefficient (Wildman–Crippen LogP) is 1.24. The van der Waals surface area contributed by atoms with Crippen molar-refractivity contribution >= 4 is 15.9 Å². The number of piperidine rings is 1. The number of aromatic nitrogens is 1. The number of nitrogens with zero attached hydrogens (tertiary/aromatic N) is 2. The topological polar surface area (TPSA) is 79.4 Å². The highest BCUT2D eigenvalue weighted by atomic mass is 32.2. The van der Waals surface area contributed by atoms with E-state index in [9.17, 15) is 17.6 Å². The lowest BCUT2D eigenvalue weighted by Gasteiger charge is -2.35. The summed E-state index contributed by atoms with van der Waals surface area (Å²) in [6.07, 6.45) is 2.95. The van der Waals surface area contributed by atoms with Gasteiger partial charge in [0, 0.05) is 44.9 Å². The van der Waals surface area contributed by atoms with Crippen LogP contribution < -0.4 is 5.32 Å². The monoisotopic (exact) mass is 343 g/mol. The third kappa shape index (κ3) is 4.06. The van der Waals surface area contributed by atoms with Crippen molar-refractivity contribution in [2.45, 2.75) is 44.2 Å². The van der Waals surface area contributed by atoms with E-state index in [4.69, 9.17) is 0 Å². The van der Waals surface area contributed by atoms with Crippen molar-refractivity contribution in [3.8, 4) is 0 Å². The molecule has 2 heterocycles. The fourth-order valence-corrected chi connectivity index (χ4v) is 3.75. The molecule has 0 unspecified atom stereocenters. The lowest BCUT2D eigenvalue weighted by molar-refractivity contribution is -0.135. The van der Waals surface area contributed by atoms with Crippen molar-refractivity contribution in [2.75, 3.05) is 13.1 Å². The Kier molecular flexibility index (Phi) is 5.36. The SMILES string of the molecule is CC(C)S(=O)(=O)N1CCC(F)(C(=O)NCc2ccncc2)CC1. The van der Waals surface area contributed by atoms with Crippen LogP contribution in [0.1, 0.15) is 32.3 Å². The van der Waals surface area contributed by atoms with Gasteiger partial charge in [0.05, 0.1) is 5.25 Å². The summed E-state index contributed by atoms with van der Waals surface area (Å²) >= 11 is 0. The fraction of sp³-hybridized carbons (Fsp3) is 0.600. The zero-order valence-corrected chi connectivity index (χ0v) is 14.1. The molecule has 1 saturated heterocycles. The molecule has 23 heavy (non-hydrogen) atoms. The number of hydrogen-bond donors (Lipinski definition) is 1. The highest BCUT2D eigenvalue weighted by Crippen LogP contribution is 2.29. The maximum Gasteiger partial charge on any atom is 0.258 e. The van der Waals surface area contributed by atoms with E-state index < -0.39 is 26.8 Å². The number of pyridine rings is 1. The fourth-order valence-electron chi connectivity index (χ4n) is 2.46. The van der Waals surface area contributed by atoms with Crippen molar-refractivity contribution in [1.82, 2.24) is 14.6 Å². The van der Waals surface area contributed by atoms with Gasteiger partial charge in [-0.3, -0.25) is 9.78 Å². The van der Waals surface area contributed by atoms with Crippen LogP contribution in [-0.4, -0.2) is 47.6 Å². The van der Waals surface area contributed by atoms with Gasteiger partial charge in [-0.25, -0.2) is 17.1 Å². The Morgan fingerprint density at radius 3 is 2.43 bits per heavy atom. The third-order valence-electron chi connectivity index (χ3n) is 4.08. The summed E-state index contributed by atoms with van der Waals surface area (Å²) in [6.45, 7) is 3.46. The van der Waals surface area contributed by atoms with Crippen molar-refractivity contribution in [1.29, 1.82) is 0 Å². The molecule has 0 radical (unpaired) electrons. The zero-order valence-electron chi connectivity index (χ0n) is 13.3. The average molecular weight is 343 g/mol. The van der Waals surface area contributed by atoms with Crippen LogP contribution in [-0.2, 0) is 21.4 Å². The summed E-state index contributed by atoms with van der Waals surface area (Å²) in [7, 11) is -3.40. The number of halogens is 1. The van der Waals surface area contributed by atoms with Crippen LogP contribution in [0.3, 0.4) is 0 Å². The molecule has 0 aliphatic carbocycles. The van der Waals surface area contributed by atoms with Gasteiger partial charge >= 0.3 is 0 Å². The maximum absolute atomic E-state index is 14.8. The maximum atomic E-state index is 14.8. The Hall–Kier alpha value is -1.54. The number of rotatable bonds is 5. The van der Waals surface area contributed by atoms with E-state index in [0.29, 0.717) is 0 Å². The van der Waals surface area contributed by atoms with Crippen molar-refractivity contribution in [3.63, 3.8) is 0 Å². The van der Waals surface area contributed by atoms with Crippen LogP contribution in [0.25, 0.3) is 0 Å². The van der Waals surface area contributed by atoms with Crippen molar-refractivity contribution in [2.24, 2.45) is 0 Å². The summed E-state index contributed by atoms with van der Waals surface area (Å²) in [4.78, 5) is 16.0. The van der Waals surface area contributed by atoms with E-state index in [2.05, 4.69) is 10.3 Å². The lowest BCUT2D eigenvalue weighted by Crippen LogP contribution is -2.52. The Morgan fingerprint density at radius 1 is 1.35 bits per heavy atom. The molecule has 0 aromatic carbocycles. The molecule has 0 atom stereocenters. The molecule has 1 aliphatic heterocycles. The number of amides is 1. The number of nitrogens with one attached hydrogen (secondary N) is 1. The molecule has 8 heteroatoms. The first-order valence-corrected chi connectivity index (χ1v) is 9.11. The molecule has 0 spiro atoms. The standard InChI is InChI=1S/C15H22FN3O3S/c1-12(2)23(21,22)19-9-5-15(16,6-10-19)14(20)18-11-13-3-7-17-8-4-13/h3-4,7-8,12H,5-6,9-11H2,1-2H3,(H,18,20). The smallest absolute Gasteiger partial charge is 0.258 e. The second kappa shape index (κ2) is 6.92. The van der Waals surface area contributed by atoms with E-state index in [1.165, 1.54) is 4.31 Å². The van der Waals surface area contributed by atoms with Gasteiger partial charge in [-0.15, -0.1) is 0 Å². The van der Waals surface area contributed by atoms with Gasteiger partial charge in [-0.05, 0) is 31.5 Å². The summed E-state index contributed by atoms with van der Waals surface area (Å²) in [5.41, 5.74) is -1.19. The van der Waals surface area contributed by atoms with Gasteiger partial charge in [0.2, 0.25) is 10.0 Å². The van der Waals surface area contributed by atoms with Gasteiger partial charge in [-0.1, -0.05) is 0 Å². The van der Waals surface area contributed by atoms with E-state index >= 15 is 0 Å². The first-order chi connectivity index (χ1) is 10.8. The largest absolute Gasteiger partial charge is 0.349 e. The number of alkyl halides is 1. The molecule has 2 rings (SSSR count). The third-order valence-corrected chi connectivity index (χ3v) is 6.36. The van der Waals surface area contributed by atoms with E-state index in [-0.39, 0.29) is 32.5 Å². The van der Waals surface area contributed by atoms with Crippen molar-refractivity contribution in [3.05, 3.63) is 30.1 Å². The van der Waals surface area contributed by atoms with Crippen LogP contribution >= 0.6 is 0 Å². The van der Waals surface area contributed by atoms with Gasteiger partial charge in [0.25, 0.3) is 5.91 Å². The average Bonchev–Trinajstić information content (AvgIpc) is 2.53. The van der Waals surface area contributed by atoms with Gasteiger partial charge in [-0.2, -0.15) is 0 Å². The van der Waals surface area contributed by atoms with Crippen LogP contribution in [0, 0.1) is 0 Å². The Morgan fingerprint density at radius 2 is 1.91 bits per heavy atom. The summed E-state index contributed by atoms with van der Waals surface area (Å²) in [6, 6.07) is 3.48. The minimum Gasteiger partial charge on any atom is -0.349 e. The van der Waals surface area contributed by atoms with Gasteiger partial charge in [0.15, 0.2) is 5.67 Å². The number of carbonyl (C=O) groups excluding carboxylic acids is 1. The molecule has 1 aromatic heterocycles. The number of hydrogen-bond acceptors (Lipinski definition) is 4. The van der Waals surface area contributed by atoms with E-state index in [1.807, 2.05) is 0 Å². The molecular formula is C15H22FN3O3S. The molecule has 1 aliphatic rings. The molecule has 6 nitrogen and oxygen atoms in total. The molecule has 1 amide bonds. The minimum atomic E-state index is -3.40. The molecule has 0 bridgehead atoms. The van der Waals surface area contributed by atoms with Crippen LogP contribution in [0.2, 0.25) is 0 Å². The van der Waals surface area contributed by atoms with Crippen LogP contribution in [0.4, 0.5) is 4.39 Å². The Balaban J connectivity index is 1.92. The van der Waals surface area contributed by atoms with E-state index in [0.717, 1.165) is 5.56 Å². The highest BCUT2D eigenvalue weighted by molar-refractivity contribution is 7.89. The van der Waals surface area contributed by atoms with Gasteiger partial charge < -0.3 is 5.32 Å². The molecule has 1 fully saturated rings. The Bertz CT molecular complexity index is 641. The first kappa shape index (κ1) is 17.8.